The van der Waals surface area contributed by atoms with Crippen molar-refractivity contribution < 1.29 is 0 Å². The number of halogens is 1. The van der Waals surface area contributed by atoms with E-state index in [0.29, 0.717) is 5.54 Å². The molecule has 0 aromatic heterocycles. The first-order valence-corrected chi connectivity index (χ1v) is 6.57. The molecule has 14 heavy (non-hydrogen) atoms. The van der Waals surface area contributed by atoms with Crippen molar-refractivity contribution in [3.63, 3.8) is 0 Å². The Balaban J connectivity index is 2.43. The predicted molar refractivity (Wildman–Crippen MR) is 66.1 cm³/mol. The van der Waals surface area contributed by atoms with E-state index in [4.69, 9.17) is 0 Å². The lowest BCUT2D eigenvalue weighted by atomic mass is 9.99. The Bertz CT molecular complexity index is 182. The van der Waals surface area contributed by atoms with E-state index in [-0.39, 0.29) is 0 Å². The molecule has 0 spiro atoms. The van der Waals surface area contributed by atoms with Gasteiger partial charge in [0.15, 0.2) is 0 Å². The second kappa shape index (κ2) is 4.95. The third kappa shape index (κ3) is 3.21. The van der Waals surface area contributed by atoms with Crippen LogP contribution in [0.25, 0.3) is 0 Å². The highest BCUT2D eigenvalue weighted by Gasteiger charge is 2.30. The molecule has 1 aliphatic rings. The van der Waals surface area contributed by atoms with Crippen LogP contribution in [0.2, 0.25) is 0 Å². The molecule has 0 N–H and O–H groups in total. The van der Waals surface area contributed by atoms with Crippen LogP contribution in [0.3, 0.4) is 0 Å². The Morgan fingerprint density at radius 2 is 2.00 bits per heavy atom. The Morgan fingerprint density at radius 1 is 1.36 bits per heavy atom. The fourth-order valence-electron chi connectivity index (χ4n) is 1.99. The average Bonchev–Trinajstić information content (AvgIpc) is 2.11. The summed E-state index contributed by atoms with van der Waals surface area (Å²) in [6.07, 6.45) is 0. The molecule has 0 aromatic rings. The maximum Gasteiger partial charge on any atom is 0.0277 e. The largest absolute Gasteiger partial charge is 0.300 e. The van der Waals surface area contributed by atoms with Crippen LogP contribution >= 0.6 is 15.9 Å². The molecule has 1 atom stereocenters. The fourth-order valence-corrected chi connectivity index (χ4v) is 2.19. The molecule has 1 heterocycles. The number of nitrogens with zero attached hydrogens (tertiary/aromatic N) is 2. The zero-order chi connectivity index (χ0) is 10.8. The van der Waals surface area contributed by atoms with Gasteiger partial charge in [0.1, 0.15) is 0 Å². The molecule has 2 nitrogen and oxygen atoms in total. The van der Waals surface area contributed by atoms with Crippen LogP contribution in [0.1, 0.15) is 20.8 Å². The quantitative estimate of drug-likeness (QED) is 0.719. The lowest BCUT2D eigenvalue weighted by molar-refractivity contribution is 0.0348. The Hall–Kier alpha value is 0.400. The molecule has 0 aliphatic carbocycles. The van der Waals surface area contributed by atoms with E-state index in [1.54, 1.807) is 0 Å². The lowest BCUT2D eigenvalue weighted by Gasteiger charge is -2.46. The van der Waals surface area contributed by atoms with Gasteiger partial charge in [-0.15, -0.1) is 0 Å². The van der Waals surface area contributed by atoms with Crippen LogP contribution in [0.5, 0.6) is 0 Å². The van der Waals surface area contributed by atoms with Crippen molar-refractivity contribution in [2.75, 3.05) is 38.6 Å². The molecule has 84 valence electrons. The van der Waals surface area contributed by atoms with Gasteiger partial charge >= 0.3 is 0 Å². The fraction of sp³-hybridized carbons (Fsp3) is 1.00. The van der Waals surface area contributed by atoms with E-state index in [2.05, 4.69) is 53.5 Å². The summed E-state index contributed by atoms with van der Waals surface area (Å²) in [5.41, 5.74) is 0.338. The van der Waals surface area contributed by atoms with Crippen molar-refractivity contribution in [1.29, 1.82) is 0 Å². The van der Waals surface area contributed by atoms with E-state index in [1.165, 1.54) is 26.2 Å². The van der Waals surface area contributed by atoms with Crippen molar-refractivity contribution in [3.05, 3.63) is 0 Å². The summed E-state index contributed by atoms with van der Waals surface area (Å²) in [6.45, 7) is 11.8. The summed E-state index contributed by atoms with van der Waals surface area (Å²) in [6, 6.07) is 0. The molecule has 1 aliphatic heterocycles. The van der Waals surface area contributed by atoms with Gasteiger partial charge in [0.25, 0.3) is 0 Å². The van der Waals surface area contributed by atoms with E-state index < -0.39 is 0 Å². The summed E-state index contributed by atoms with van der Waals surface area (Å²) < 4.78 is 0. The molecule has 0 saturated carbocycles. The number of piperazine rings is 1. The van der Waals surface area contributed by atoms with Gasteiger partial charge < -0.3 is 0 Å². The van der Waals surface area contributed by atoms with E-state index in [9.17, 15) is 0 Å². The summed E-state index contributed by atoms with van der Waals surface area (Å²) >= 11 is 3.54. The summed E-state index contributed by atoms with van der Waals surface area (Å²) in [4.78, 5) is 5.05. The first-order valence-electron chi connectivity index (χ1n) is 5.45. The molecule has 0 bridgehead atoms. The molecule has 1 fully saturated rings. The van der Waals surface area contributed by atoms with Gasteiger partial charge in [0.05, 0.1) is 0 Å². The molecule has 1 unspecified atom stereocenters. The minimum Gasteiger partial charge on any atom is -0.300 e. The standard InChI is InChI=1S/C11H23BrN2/c1-10(7-12)8-14-6-5-13(4)11(2,3)9-14/h10H,5-9H2,1-4H3. The molecule has 0 radical (unpaired) electrons. The number of rotatable bonds is 3. The van der Waals surface area contributed by atoms with E-state index in [0.717, 1.165) is 11.2 Å². The van der Waals surface area contributed by atoms with Crippen molar-refractivity contribution >= 4 is 15.9 Å². The summed E-state index contributed by atoms with van der Waals surface area (Å²) in [5.74, 6) is 0.759. The maximum absolute atomic E-state index is 3.54. The van der Waals surface area contributed by atoms with Gasteiger partial charge in [-0.25, -0.2) is 0 Å². The highest BCUT2D eigenvalue weighted by atomic mass is 79.9. The molecule has 0 amide bonds. The highest BCUT2D eigenvalue weighted by Crippen LogP contribution is 2.19. The van der Waals surface area contributed by atoms with Gasteiger partial charge in [-0.2, -0.15) is 0 Å². The Kier molecular flexibility index (Phi) is 4.41. The Morgan fingerprint density at radius 3 is 2.50 bits per heavy atom. The van der Waals surface area contributed by atoms with Crippen LogP contribution in [-0.2, 0) is 0 Å². The molecular weight excluding hydrogens is 240 g/mol. The monoisotopic (exact) mass is 262 g/mol. The first kappa shape index (κ1) is 12.5. The van der Waals surface area contributed by atoms with Gasteiger partial charge in [-0.3, -0.25) is 9.80 Å². The summed E-state index contributed by atoms with van der Waals surface area (Å²) in [7, 11) is 2.23. The summed E-state index contributed by atoms with van der Waals surface area (Å²) in [5, 5.41) is 1.11. The van der Waals surface area contributed by atoms with Crippen molar-refractivity contribution in [3.8, 4) is 0 Å². The van der Waals surface area contributed by atoms with Crippen molar-refractivity contribution in [2.45, 2.75) is 26.3 Å². The SMILES string of the molecule is CC(CBr)CN1CCN(C)C(C)(C)C1. The normalized spacial score (nSPS) is 26.4. The zero-order valence-corrected chi connectivity index (χ0v) is 11.5. The number of alkyl halides is 1. The maximum atomic E-state index is 3.54. The van der Waals surface area contributed by atoms with Crippen molar-refractivity contribution in [2.24, 2.45) is 5.92 Å². The van der Waals surface area contributed by atoms with E-state index >= 15 is 0 Å². The molecular formula is C11H23BrN2. The van der Waals surface area contributed by atoms with Gasteiger partial charge in [0.2, 0.25) is 0 Å². The molecule has 0 aromatic carbocycles. The van der Waals surface area contributed by atoms with Gasteiger partial charge in [-0.05, 0) is 26.8 Å². The third-order valence-electron chi connectivity index (χ3n) is 3.23. The number of hydrogen-bond donors (Lipinski definition) is 0. The molecule has 3 heteroatoms. The second-order valence-electron chi connectivity index (χ2n) is 5.23. The first-order chi connectivity index (χ1) is 6.45. The van der Waals surface area contributed by atoms with Crippen LogP contribution in [0.15, 0.2) is 0 Å². The third-order valence-corrected chi connectivity index (χ3v) is 4.33. The zero-order valence-electron chi connectivity index (χ0n) is 9.89. The van der Waals surface area contributed by atoms with Crippen LogP contribution in [0.4, 0.5) is 0 Å². The predicted octanol–water partition coefficient (Wildman–Crippen LogP) is 2.04. The lowest BCUT2D eigenvalue weighted by Crippen LogP contribution is -2.58. The van der Waals surface area contributed by atoms with E-state index in [1.807, 2.05) is 0 Å². The topological polar surface area (TPSA) is 6.48 Å². The molecule has 1 rings (SSSR count). The van der Waals surface area contributed by atoms with Crippen LogP contribution in [-0.4, -0.2) is 53.9 Å². The van der Waals surface area contributed by atoms with Gasteiger partial charge in [-0.1, -0.05) is 22.9 Å². The second-order valence-corrected chi connectivity index (χ2v) is 5.88. The Labute approximate surface area is 96.8 Å². The van der Waals surface area contributed by atoms with Gasteiger partial charge in [0, 0.05) is 37.0 Å². The minimum atomic E-state index is 0.338. The van der Waals surface area contributed by atoms with Crippen LogP contribution in [0, 0.1) is 5.92 Å². The van der Waals surface area contributed by atoms with Crippen LogP contribution < -0.4 is 0 Å². The average molecular weight is 263 g/mol. The smallest absolute Gasteiger partial charge is 0.0277 e. The van der Waals surface area contributed by atoms with Crippen molar-refractivity contribution in [1.82, 2.24) is 9.80 Å². The molecule has 1 saturated heterocycles. The minimum absolute atomic E-state index is 0.338. The number of hydrogen-bond acceptors (Lipinski definition) is 2. The number of likely N-dealkylation sites (N-methyl/N-ethyl adjacent to an activating group) is 1. The highest BCUT2D eigenvalue weighted by molar-refractivity contribution is 9.09.